The minimum absolute atomic E-state index is 0.00196. The van der Waals surface area contributed by atoms with Crippen molar-refractivity contribution in [2.24, 2.45) is 5.41 Å². The molecule has 1 fully saturated rings. The van der Waals surface area contributed by atoms with Crippen LogP contribution in [0.2, 0.25) is 0 Å². The van der Waals surface area contributed by atoms with E-state index in [-0.39, 0.29) is 23.4 Å². The zero-order valence-corrected chi connectivity index (χ0v) is 13.7. The summed E-state index contributed by atoms with van der Waals surface area (Å²) in [6.45, 7) is 2.15. The van der Waals surface area contributed by atoms with Crippen LogP contribution >= 0.6 is 0 Å². The van der Waals surface area contributed by atoms with Crippen LogP contribution in [-0.2, 0) is 11.3 Å². The number of nitrogens with zero attached hydrogens (tertiary/aromatic N) is 1. The number of hydrogen-bond donors (Lipinski definition) is 2. The smallest absolute Gasteiger partial charge is 0.253 e. The molecule has 1 atom stereocenters. The highest BCUT2D eigenvalue weighted by Crippen LogP contribution is 2.54. The number of aliphatic hydroxyl groups excluding tert-OH is 1. The molecule has 1 aromatic heterocycles. The van der Waals surface area contributed by atoms with Gasteiger partial charge in [0, 0.05) is 23.7 Å². The largest absolute Gasteiger partial charge is 0.388 e. The molecule has 5 nitrogen and oxygen atoms in total. The van der Waals surface area contributed by atoms with E-state index in [0.29, 0.717) is 12.1 Å². The lowest BCUT2D eigenvalue weighted by Crippen LogP contribution is -2.37. The average Bonchev–Trinajstić information content (AvgIpc) is 3.38. The Morgan fingerprint density at radius 3 is 2.62 bits per heavy atom. The van der Waals surface area contributed by atoms with Crippen LogP contribution in [0.1, 0.15) is 30.1 Å². The highest BCUT2D eigenvalue weighted by atomic mass is 16.3. The second kappa shape index (κ2) is 6.61. The lowest BCUT2D eigenvalue weighted by Gasteiger charge is -2.23. The van der Waals surface area contributed by atoms with Crippen LogP contribution in [0.4, 0.5) is 0 Å². The first kappa shape index (κ1) is 16.5. The molecule has 1 heterocycles. The molecule has 0 bridgehead atoms. The van der Waals surface area contributed by atoms with E-state index in [9.17, 15) is 14.7 Å². The highest BCUT2D eigenvalue weighted by Gasteiger charge is 2.49. The molecule has 0 radical (unpaired) electrons. The summed E-state index contributed by atoms with van der Waals surface area (Å²) < 4.78 is 1.40. The molecule has 1 unspecified atom stereocenters. The van der Waals surface area contributed by atoms with Gasteiger partial charge < -0.3 is 15.0 Å². The van der Waals surface area contributed by atoms with Crippen molar-refractivity contribution in [2.75, 3.05) is 6.54 Å². The SMILES string of the molecule is Cc1cccn(CC(=O)NCC2(C(O)c3ccccc3)CC2)c1=O. The molecule has 1 aromatic carbocycles. The zero-order valence-electron chi connectivity index (χ0n) is 13.7. The fourth-order valence-corrected chi connectivity index (χ4v) is 2.96. The molecule has 2 N–H and O–H groups in total. The normalized spacial score (nSPS) is 16.4. The van der Waals surface area contributed by atoms with Crippen molar-refractivity contribution in [3.05, 3.63) is 70.1 Å². The molecule has 1 saturated carbocycles. The molecule has 1 aliphatic carbocycles. The van der Waals surface area contributed by atoms with Crippen LogP contribution in [0.15, 0.2) is 53.5 Å². The van der Waals surface area contributed by atoms with Crippen LogP contribution in [0.5, 0.6) is 0 Å². The standard InChI is InChI=1S/C19H22N2O3/c1-14-6-5-11-21(18(14)24)12-16(22)20-13-19(9-10-19)17(23)15-7-3-2-4-8-15/h2-8,11,17,23H,9-10,12-13H2,1H3,(H,20,22). The van der Waals surface area contributed by atoms with Crippen LogP contribution in [0, 0.1) is 12.3 Å². The van der Waals surface area contributed by atoms with E-state index in [1.54, 1.807) is 25.3 Å². The number of amides is 1. The minimum Gasteiger partial charge on any atom is -0.388 e. The number of rotatable bonds is 6. The van der Waals surface area contributed by atoms with Crippen molar-refractivity contribution < 1.29 is 9.90 Å². The molecule has 0 saturated heterocycles. The molecule has 24 heavy (non-hydrogen) atoms. The Morgan fingerprint density at radius 2 is 1.96 bits per heavy atom. The van der Waals surface area contributed by atoms with Crippen molar-refractivity contribution in [3.8, 4) is 0 Å². The maximum Gasteiger partial charge on any atom is 0.253 e. The number of aromatic nitrogens is 1. The van der Waals surface area contributed by atoms with E-state index in [4.69, 9.17) is 0 Å². The Morgan fingerprint density at radius 1 is 1.25 bits per heavy atom. The third kappa shape index (κ3) is 3.41. The van der Waals surface area contributed by atoms with Crippen LogP contribution < -0.4 is 10.9 Å². The van der Waals surface area contributed by atoms with E-state index < -0.39 is 6.10 Å². The van der Waals surface area contributed by atoms with Crippen molar-refractivity contribution in [1.82, 2.24) is 9.88 Å². The van der Waals surface area contributed by atoms with Crippen LogP contribution in [0.3, 0.4) is 0 Å². The first-order valence-electron chi connectivity index (χ1n) is 8.18. The molecule has 0 aliphatic heterocycles. The van der Waals surface area contributed by atoms with Gasteiger partial charge in [0.05, 0.1) is 6.10 Å². The van der Waals surface area contributed by atoms with Gasteiger partial charge in [0.25, 0.3) is 5.56 Å². The van der Waals surface area contributed by atoms with E-state index in [1.807, 2.05) is 30.3 Å². The lowest BCUT2D eigenvalue weighted by atomic mass is 9.92. The summed E-state index contributed by atoms with van der Waals surface area (Å²) in [7, 11) is 0. The van der Waals surface area contributed by atoms with Crippen molar-refractivity contribution in [1.29, 1.82) is 0 Å². The summed E-state index contributed by atoms with van der Waals surface area (Å²) in [4.78, 5) is 24.1. The molecule has 1 aliphatic rings. The second-order valence-corrected chi connectivity index (χ2v) is 6.58. The molecule has 1 amide bonds. The number of aryl methyl sites for hydroxylation is 1. The van der Waals surface area contributed by atoms with Gasteiger partial charge in [-0.25, -0.2) is 0 Å². The monoisotopic (exact) mass is 326 g/mol. The van der Waals surface area contributed by atoms with E-state index in [0.717, 1.165) is 18.4 Å². The second-order valence-electron chi connectivity index (χ2n) is 6.58. The predicted octanol–water partition coefficient (Wildman–Crippen LogP) is 1.79. The lowest BCUT2D eigenvalue weighted by molar-refractivity contribution is -0.122. The zero-order chi connectivity index (χ0) is 17.2. The maximum absolute atomic E-state index is 12.2. The summed E-state index contributed by atoms with van der Waals surface area (Å²) >= 11 is 0. The van der Waals surface area contributed by atoms with Gasteiger partial charge in [0.2, 0.25) is 5.91 Å². The number of hydrogen-bond acceptors (Lipinski definition) is 3. The van der Waals surface area contributed by atoms with Crippen LogP contribution in [-0.4, -0.2) is 22.1 Å². The number of pyridine rings is 1. The van der Waals surface area contributed by atoms with Crippen molar-refractivity contribution >= 4 is 5.91 Å². The number of nitrogens with one attached hydrogen (secondary N) is 1. The van der Waals surface area contributed by atoms with E-state index in [2.05, 4.69) is 5.32 Å². The minimum atomic E-state index is -0.583. The van der Waals surface area contributed by atoms with E-state index in [1.165, 1.54) is 4.57 Å². The number of carbonyl (C=O) groups is 1. The fraction of sp³-hybridized carbons (Fsp3) is 0.368. The summed E-state index contributed by atoms with van der Waals surface area (Å²) in [6, 6.07) is 13.0. The molecular weight excluding hydrogens is 304 g/mol. The number of carbonyl (C=O) groups excluding carboxylic acids is 1. The summed E-state index contributed by atoms with van der Waals surface area (Å²) in [6.07, 6.45) is 2.79. The Hall–Kier alpha value is -2.40. The van der Waals surface area contributed by atoms with Gasteiger partial charge in [0.1, 0.15) is 6.54 Å². The van der Waals surface area contributed by atoms with Crippen molar-refractivity contribution in [2.45, 2.75) is 32.4 Å². The molecule has 2 aromatic rings. The first-order valence-corrected chi connectivity index (χ1v) is 8.18. The van der Waals surface area contributed by atoms with Gasteiger partial charge >= 0.3 is 0 Å². The van der Waals surface area contributed by atoms with Gasteiger partial charge in [-0.3, -0.25) is 9.59 Å². The highest BCUT2D eigenvalue weighted by molar-refractivity contribution is 5.75. The summed E-state index contributed by atoms with van der Waals surface area (Å²) in [5.41, 5.74) is 1.05. The number of aliphatic hydroxyl groups is 1. The quantitative estimate of drug-likeness (QED) is 0.850. The fourth-order valence-electron chi connectivity index (χ4n) is 2.96. The maximum atomic E-state index is 12.2. The molecule has 3 rings (SSSR count). The van der Waals surface area contributed by atoms with Gasteiger partial charge in [-0.1, -0.05) is 36.4 Å². The Kier molecular flexibility index (Phi) is 4.53. The number of benzene rings is 1. The molecule has 5 heteroatoms. The third-order valence-corrected chi connectivity index (χ3v) is 4.75. The van der Waals surface area contributed by atoms with Gasteiger partial charge in [-0.2, -0.15) is 0 Å². The Bertz CT molecular complexity index is 779. The van der Waals surface area contributed by atoms with E-state index >= 15 is 0 Å². The third-order valence-electron chi connectivity index (χ3n) is 4.75. The molecular formula is C19H22N2O3. The summed E-state index contributed by atoms with van der Waals surface area (Å²) in [5.74, 6) is -0.214. The van der Waals surface area contributed by atoms with Crippen molar-refractivity contribution in [3.63, 3.8) is 0 Å². The average molecular weight is 326 g/mol. The predicted molar refractivity (Wildman–Crippen MR) is 91.5 cm³/mol. The van der Waals surface area contributed by atoms with Gasteiger partial charge in [0.15, 0.2) is 0 Å². The van der Waals surface area contributed by atoms with Gasteiger partial charge in [-0.05, 0) is 31.4 Å². The Balaban J connectivity index is 1.60. The first-order chi connectivity index (χ1) is 11.5. The molecule has 126 valence electrons. The topological polar surface area (TPSA) is 71.3 Å². The van der Waals surface area contributed by atoms with Crippen LogP contribution in [0.25, 0.3) is 0 Å². The van der Waals surface area contributed by atoms with Gasteiger partial charge in [-0.15, -0.1) is 0 Å². The summed E-state index contributed by atoms with van der Waals surface area (Å²) in [5, 5.41) is 13.5. The molecule has 0 spiro atoms. The Labute approximate surface area is 140 Å².